The van der Waals surface area contributed by atoms with Crippen molar-refractivity contribution >= 4 is 60.0 Å². The minimum Gasteiger partial charge on any atom is -0.382 e. The molecule has 3 aromatic heterocycles. The van der Waals surface area contributed by atoms with Gasteiger partial charge in [0.05, 0.1) is 30.6 Å². The largest absolute Gasteiger partial charge is 0.382 e. The Morgan fingerprint density at radius 2 is 1.83 bits per heavy atom. The molecule has 1 amide bonds. The molecule has 1 aromatic carbocycles. The van der Waals surface area contributed by atoms with Gasteiger partial charge in [0.1, 0.15) is 41.8 Å². The number of nitrogen functional groups attached to an aromatic ring is 1. The summed E-state index contributed by atoms with van der Waals surface area (Å²) in [6.45, 7) is -2.18. The van der Waals surface area contributed by atoms with E-state index in [1.54, 1.807) is 0 Å². The van der Waals surface area contributed by atoms with E-state index in [0.29, 0.717) is 0 Å². The third kappa shape index (κ3) is 5.65. The minimum atomic E-state index is -4.42. The van der Waals surface area contributed by atoms with Gasteiger partial charge in [0, 0.05) is 5.82 Å². The summed E-state index contributed by atoms with van der Waals surface area (Å²) in [7, 11) is -4.42. The molecule has 0 saturated carbocycles. The normalized spacial score (nSPS) is 36.4. The van der Waals surface area contributed by atoms with Crippen molar-refractivity contribution in [2.45, 2.75) is 49.2 Å². The lowest BCUT2D eigenvalue weighted by atomic mass is 10.1. The van der Waals surface area contributed by atoms with Crippen LogP contribution in [0.15, 0.2) is 43.2 Å². The second-order valence-corrected chi connectivity index (χ2v) is 15.3. The fraction of sp³-hybridized carbons (Fsp3) is 0.417. The quantitative estimate of drug-likeness (QED) is 0.255. The summed E-state index contributed by atoms with van der Waals surface area (Å²) in [6, 6.07) is 4.45. The summed E-state index contributed by atoms with van der Waals surface area (Å²) >= 11 is 5.15. The molecule has 0 aliphatic carbocycles. The van der Waals surface area contributed by atoms with Crippen molar-refractivity contribution in [1.82, 2.24) is 34.5 Å². The lowest BCUT2D eigenvalue weighted by Crippen LogP contribution is -2.34. The van der Waals surface area contributed by atoms with E-state index in [4.69, 9.17) is 50.8 Å². The van der Waals surface area contributed by atoms with Gasteiger partial charge < -0.3 is 34.9 Å². The lowest BCUT2D eigenvalue weighted by Gasteiger charge is -2.27. The molecule has 4 aromatic rings. The van der Waals surface area contributed by atoms with Crippen LogP contribution in [0.25, 0.3) is 22.2 Å². The van der Waals surface area contributed by atoms with Gasteiger partial charge >= 0.3 is 14.3 Å². The first-order valence-corrected chi connectivity index (χ1v) is 18.0. The van der Waals surface area contributed by atoms with E-state index in [0.717, 1.165) is 16.8 Å². The predicted octanol–water partition coefficient (Wildman–Crippen LogP) is 1.79. The van der Waals surface area contributed by atoms with Gasteiger partial charge in [-0.1, -0.05) is 17.9 Å². The average molecular weight is 716 g/mol. The number of rotatable bonds is 4. The molecule has 3 saturated heterocycles. The molecule has 10 atom stereocenters. The van der Waals surface area contributed by atoms with Gasteiger partial charge in [0.15, 0.2) is 36.3 Å². The molecule has 0 spiro atoms. The fourth-order valence-electron chi connectivity index (χ4n) is 5.55. The Kier molecular flexibility index (Phi) is 8.19. The van der Waals surface area contributed by atoms with E-state index >= 15 is 8.78 Å². The summed E-state index contributed by atoms with van der Waals surface area (Å²) in [5.74, 6) is 0.0923. The second-order valence-electron chi connectivity index (χ2n) is 10.6. The highest BCUT2D eigenvalue weighted by Gasteiger charge is 2.54. The number of imidazole rings is 1. The van der Waals surface area contributed by atoms with Gasteiger partial charge in [-0.2, -0.15) is 0 Å². The first kappa shape index (κ1) is 32.2. The number of alkyl halides is 2. The number of nitrogens with two attached hydrogens (primary N) is 2. The van der Waals surface area contributed by atoms with E-state index < -0.39 is 82.7 Å². The number of benzene rings is 1. The number of amides is 1. The van der Waals surface area contributed by atoms with Crippen molar-refractivity contribution in [1.29, 1.82) is 0 Å². The van der Waals surface area contributed by atoms with Gasteiger partial charge in [-0.3, -0.25) is 23.0 Å². The number of carbonyl (C=O) groups excluding carboxylic acids is 1. The molecule has 7 rings (SSSR count). The molecular formula is C24H25F2N9O9P2S. The van der Waals surface area contributed by atoms with E-state index in [2.05, 4.69) is 31.8 Å². The van der Waals surface area contributed by atoms with Crippen LogP contribution < -0.4 is 11.5 Å². The van der Waals surface area contributed by atoms with Crippen LogP contribution in [-0.4, -0.2) is 95.3 Å². The van der Waals surface area contributed by atoms with Gasteiger partial charge in [-0.15, -0.1) is 5.10 Å². The van der Waals surface area contributed by atoms with E-state index in [9.17, 15) is 14.3 Å². The van der Waals surface area contributed by atoms with Crippen molar-refractivity contribution in [3.05, 3.63) is 48.8 Å². The Morgan fingerprint density at radius 1 is 1.06 bits per heavy atom. The maximum absolute atomic E-state index is 16.1. The summed E-state index contributed by atoms with van der Waals surface area (Å²) in [5, 5.41) is 7.99. The highest BCUT2D eigenvalue weighted by atomic mass is 32.5. The number of carbonyl (C=O) groups is 1. The monoisotopic (exact) mass is 715 g/mol. The Balaban J connectivity index is 1.22. The Bertz CT molecular complexity index is 1990. The van der Waals surface area contributed by atoms with Crippen LogP contribution in [0.4, 0.5) is 14.6 Å². The third-order valence-electron chi connectivity index (χ3n) is 7.77. The molecule has 250 valence electrons. The van der Waals surface area contributed by atoms with Crippen LogP contribution in [-0.2, 0) is 43.9 Å². The van der Waals surface area contributed by atoms with E-state index in [1.165, 1.54) is 29.1 Å². The number of ether oxygens (including phenoxy) is 2. The van der Waals surface area contributed by atoms with Gasteiger partial charge in [-0.25, -0.2) is 28.4 Å². The number of primary amides is 1. The van der Waals surface area contributed by atoms with Crippen molar-refractivity contribution in [3.8, 4) is 0 Å². The van der Waals surface area contributed by atoms with Crippen LogP contribution in [0.1, 0.15) is 22.8 Å². The van der Waals surface area contributed by atoms with Crippen LogP contribution in [0, 0.1) is 0 Å². The maximum atomic E-state index is 16.1. The third-order valence-corrected chi connectivity index (χ3v) is 10.8. The van der Waals surface area contributed by atoms with Crippen molar-refractivity contribution in [2.24, 2.45) is 5.73 Å². The number of hydrogen-bond acceptors (Lipinski definition) is 15. The van der Waals surface area contributed by atoms with Crippen molar-refractivity contribution in [3.63, 3.8) is 0 Å². The van der Waals surface area contributed by atoms with Gasteiger partial charge in [-0.05, 0) is 23.9 Å². The standard InChI is InChI=1S/C24H25F2N9O9P2S/c1-2-45(37)39-7-13-18(15(26)23(42-13)34-9-31-17-20(27)29-8-30-22(17)34)44-46(38,47)40-6-12-14(25)19(43-45)24(41-12)35-11-5-3-4-10(21(28)36)16(11)32-33-35/h2-5,8-9,12-15,18-19,23-24H,1,6-7H2,(H2,28,36)(H,38,47)(H2,27,29,30)/t12?,13-,14-,15-,18-,19-,23-,24-,45+,46?/m1/s1. The number of halogens is 2. The smallest absolute Gasteiger partial charge is 0.354 e. The minimum absolute atomic E-state index is 0.0384. The fourth-order valence-corrected chi connectivity index (χ4v) is 8.15. The molecular weight excluding hydrogens is 690 g/mol. The van der Waals surface area contributed by atoms with Crippen LogP contribution in [0.5, 0.6) is 0 Å². The lowest BCUT2D eigenvalue weighted by molar-refractivity contribution is -0.0625. The molecule has 2 bridgehead atoms. The van der Waals surface area contributed by atoms with Crippen molar-refractivity contribution < 1.29 is 50.6 Å². The topological polar surface area (TPSA) is 236 Å². The molecule has 3 fully saturated rings. The summed E-state index contributed by atoms with van der Waals surface area (Å²) < 4.78 is 82.4. The molecule has 23 heteroatoms. The molecule has 2 unspecified atom stereocenters. The zero-order chi connectivity index (χ0) is 33.2. The first-order valence-electron chi connectivity index (χ1n) is 13.8. The molecule has 18 nitrogen and oxygen atoms in total. The summed E-state index contributed by atoms with van der Waals surface area (Å²) in [6.07, 6.45) is -10.9. The SMILES string of the molecule is C=C[P@]1(=O)OC[C@H]2O[C@@H](n3cnc4c(N)ncnc43)[C@H](F)[C@@H]2OP(O)(=S)OCC2O[C@@H](n3nnc4c(C(N)=O)cccc43)[C@H](O1)[C@@H]2F. The first-order chi connectivity index (χ1) is 22.4. The average Bonchev–Trinajstić information content (AvgIpc) is 3.80. The number of fused-ring (bicyclic) bond motifs is 5. The van der Waals surface area contributed by atoms with E-state index in [-0.39, 0.29) is 33.6 Å². The molecule has 3 aliphatic rings. The van der Waals surface area contributed by atoms with E-state index in [1.807, 2.05) is 0 Å². The summed E-state index contributed by atoms with van der Waals surface area (Å²) in [5.41, 5.74) is 12.0. The Labute approximate surface area is 267 Å². The highest BCUT2D eigenvalue weighted by molar-refractivity contribution is 8.07. The number of hydrogen-bond donors (Lipinski definition) is 3. The zero-order valence-corrected chi connectivity index (χ0v) is 26.4. The molecule has 47 heavy (non-hydrogen) atoms. The van der Waals surface area contributed by atoms with Crippen molar-refractivity contribution in [2.75, 3.05) is 18.9 Å². The molecule has 0 radical (unpaired) electrons. The molecule has 6 heterocycles. The van der Waals surface area contributed by atoms with Gasteiger partial charge in [0.2, 0.25) is 0 Å². The van der Waals surface area contributed by atoms with Crippen LogP contribution >= 0.6 is 14.3 Å². The Morgan fingerprint density at radius 3 is 2.60 bits per heavy atom. The van der Waals surface area contributed by atoms with Crippen LogP contribution in [0.3, 0.4) is 0 Å². The number of anilines is 1. The van der Waals surface area contributed by atoms with Crippen LogP contribution in [0.2, 0.25) is 0 Å². The predicted molar refractivity (Wildman–Crippen MR) is 159 cm³/mol. The number of aromatic nitrogens is 7. The molecule has 5 N–H and O–H groups in total. The maximum Gasteiger partial charge on any atom is 0.354 e. The molecule has 3 aliphatic heterocycles. The zero-order valence-electron chi connectivity index (χ0n) is 23.8. The van der Waals surface area contributed by atoms with Gasteiger partial charge in [0.25, 0.3) is 5.91 Å². The number of nitrogens with zero attached hydrogens (tertiary/aromatic N) is 7. The summed E-state index contributed by atoms with van der Waals surface area (Å²) in [4.78, 5) is 35.0. The Hall–Kier alpha value is -3.36. The highest BCUT2D eigenvalue weighted by Crippen LogP contribution is 2.57. The second kappa shape index (κ2) is 12.0.